The molecule has 0 saturated heterocycles. The van der Waals surface area contributed by atoms with Gasteiger partial charge in [-0.2, -0.15) is 0 Å². The predicted octanol–water partition coefficient (Wildman–Crippen LogP) is 1.80. The van der Waals surface area contributed by atoms with E-state index in [2.05, 4.69) is 10.3 Å². The van der Waals surface area contributed by atoms with Gasteiger partial charge < -0.3 is 14.8 Å². The number of carbonyl (C=O) groups is 1. The monoisotopic (exact) mass is 252 g/mol. The average molecular weight is 252 g/mol. The summed E-state index contributed by atoms with van der Waals surface area (Å²) in [5.41, 5.74) is 0.309. The van der Waals surface area contributed by atoms with Crippen molar-refractivity contribution in [1.82, 2.24) is 10.3 Å². The van der Waals surface area contributed by atoms with Crippen LogP contribution in [0.2, 0.25) is 0 Å². The molecule has 1 amide bonds. The number of aliphatic hydroxyl groups is 1. The quantitative estimate of drug-likeness (QED) is 0.841. The summed E-state index contributed by atoms with van der Waals surface area (Å²) in [7, 11) is 0. The van der Waals surface area contributed by atoms with Gasteiger partial charge in [0.1, 0.15) is 5.76 Å². The smallest absolute Gasteiger partial charge is 0.273 e. The van der Waals surface area contributed by atoms with Gasteiger partial charge in [0.2, 0.25) is 0 Å². The van der Waals surface area contributed by atoms with Crippen molar-refractivity contribution in [2.45, 2.75) is 57.6 Å². The third-order valence-electron chi connectivity index (χ3n) is 3.51. The lowest BCUT2D eigenvalue weighted by molar-refractivity contribution is 0.0766. The lowest BCUT2D eigenvalue weighted by Gasteiger charge is -2.26. The number of nitrogens with zero attached hydrogens (tertiary/aromatic N) is 1. The van der Waals surface area contributed by atoms with Crippen LogP contribution in [0.3, 0.4) is 0 Å². The zero-order valence-electron chi connectivity index (χ0n) is 10.7. The van der Waals surface area contributed by atoms with Crippen molar-refractivity contribution in [2.75, 3.05) is 0 Å². The van der Waals surface area contributed by atoms with E-state index in [1.807, 2.05) is 0 Å². The molecule has 2 N–H and O–H groups in total. The maximum atomic E-state index is 12.0. The zero-order valence-corrected chi connectivity index (χ0v) is 10.7. The highest BCUT2D eigenvalue weighted by molar-refractivity contribution is 5.93. The van der Waals surface area contributed by atoms with Crippen LogP contribution in [-0.4, -0.2) is 28.1 Å². The molecule has 0 aliphatic heterocycles. The molecule has 1 fully saturated rings. The molecule has 0 aromatic carbocycles. The van der Waals surface area contributed by atoms with Crippen LogP contribution in [0.25, 0.3) is 0 Å². The molecule has 1 aliphatic rings. The number of oxazole rings is 1. The van der Waals surface area contributed by atoms with Gasteiger partial charge in [-0.05, 0) is 19.8 Å². The summed E-state index contributed by atoms with van der Waals surface area (Å²) >= 11 is 0. The average Bonchev–Trinajstić information content (AvgIpc) is 2.75. The number of aliphatic hydroxyl groups excluding tert-OH is 1. The molecule has 0 bridgehead atoms. The van der Waals surface area contributed by atoms with Crippen molar-refractivity contribution in [3.05, 3.63) is 17.8 Å². The van der Waals surface area contributed by atoms with Gasteiger partial charge in [0.05, 0.1) is 12.1 Å². The lowest BCUT2D eigenvalue weighted by Crippen LogP contribution is -2.44. The Morgan fingerprint density at radius 2 is 2.11 bits per heavy atom. The second-order valence-electron chi connectivity index (χ2n) is 4.90. The molecule has 100 valence electrons. The number of hydrogen-bond donors (Lipinski definition) is 2. The maximum absolute atomic E-state index is 12.0. The van der Waals surface area contributed by atoms with Crippen LogP contribution >= 0.6 is 0 Å². The molecule has 1 heterocycles. The van der Waals surface area contributed by atoms with Gasteiger partial charge in [0.15, 0.2) is 12.1 Å². The van der Waals surface area contributed by atoms with E-state index in [9.17, 15) is 9.90 Å². The second-order valence-corrected chi connectivity index (χ2v) is 4.90. The van der Waals surface area contributed by atoms with E-state index >= 15 is 0 Å². The highest BCUT2D eigenvalue weighted by Gasteiger charge is 2.24. The third kappa shape index (κ3) is 3.10. The van der Waals surface area contributed by atoms with Crippen LogP contribution in [0.5, 0.6) is 0 Å². The van der Waals surface area contributed by atoms with Gasteiger partial charge in [-0.25, -0.2) is 4.98 Å². The maximum Gasteiger partial charge on any atom is 0.273 e. The normalized spacial score (nSPS) is 25.2. The molecule has 1 aromatic rings. The molecule has 1 aliphatic carbocycles. The predicted molar refractivity (Wildman–Crippen MR) is 66.2 cm³/mol. The van der Waals surface area contributed by atoms with Crippen molar-refractivity contribution >= 4 is 5.91 Å². The van der Waals surface area contributed by atoms with Gasteiger partial charge in [-0.1, -0.05) is 25.7 Å². The molecule has 2 rings (SSSR count). The van der Waals surface area contributed by atoms with Crippen LogP contribution in [0.4, 0.5) is 0 Å². The first kappa shape index (κ1) is 13.1. The Kier molecular flexibility index (Phi) is 4.36. The fourth-order valence-electron chi connectivity index (χ4n) is 2.39. The van der Waals surface area contributed by atoms with Gasteiger partial charge in [0.25, 0.3) is 5.91 Å². The molecule has 1 aromatic heterocycles. The number of nitrogens with one attached hydrogen (secondary N) is 1. The van der Waals surface area contributed by atoms with E-state index in [4.69, 9.17) is 4.42 Å². The first-order valence-electron chi connectivity index (χ1n) is 6.57. The summed E-state index contributed by atoms with van der Waals surface area (Å²) < 4.78 is 5.01. The number of aromatic nitrogens is 1. The number of carbonyl (C=O) groups excluding carboxylic acids is 1. The SMILES string of the molecule is Cc1ocnc1C(=O)N[C@H]1CCCCCC[C@@H]1O. The number of aryl methyl sites for hydroxylation is 1. The molecule has 0 unspecified atom stereocenters. The standard InChI is InChI=1S/C13H20N2O3/c1-9-12(14-8-18-9)13(17)15-10-6-4-2-3-5-7-11(10)16/h8,10-11,16H,2-7H2,1H3,(H,15,17)/t10-,11-/m0/s1. The summed E-state index contributed by atoms with van der Waals surface area (Å²) in [5.74, 6) is 0.249. The number of hydrogen-bond acceptors (Lipinski definition) is 4. The zero-order chi connectivity index (χ0) is 13.0. The van der Waals surface area contributed by atoms with Crippen LogP contribution in [0.1, 0.15) is 54.8 Å². The first-order valence-corrected chi connectivity index (χ1v) is 6.57. The molecule has 0 radical (unpaired) electrons. The number of rotatable bonds is 2. The van der Waals surface area contributed by atoms with E-state index in [-0.39, 0.29) is 11.9 Å². The Bertz CT molecular complexity index is 403. The van der Waals surface area contributed by atoms with Gasteiger partial charge >= 0.3 is 0 Å². The van der Waals surface area contributed by atoms with Gasteiger partial charge in [-0.3, -0.25) is 4.79 Å². The van der Waals surface area contributed by atoms with E-state index < -0.39 is 6.10 Å². The van der Waals surface area contributed by atoms with Gasteiger partial charge in [0, 0.05) is 0 Å². The van der Waals surface area contributed by atoms with Crippen LogP contribution in [0.15, 0.2) is 10.8 Å². The minimum Gasteiger partial charge on any atom is -0.448 e. The van der Waals surface area contributed by atoms with E-state index in [1.54, 1.807) is 6.92 Å². The molecule has 2 atom stereocenters. The van der Waals surface area contributed by atoms with E-state index in [0.717, 1.165) is 25.7 Å². The Labute approximate surface area is 107 Å². The second kappa shape index (κ2) is 6.00. The highest BCUT2D eigenvalue weighted by Crippen LogP contribution is 2.18. The molecular weight excluding hydrogens is 232 g/mol. The Morgan fingerprint density at radius 3 is 2.78 bits per heavy atom. The Hall–Kier alpha value is -1.36. The first-order chi connectivity index (χ1) is 8.68. The highest BCUT2D eigenvalue weighted by atomic mass is 16.3. The van der Waals surface area contributed by atoms with Crippen molar-refractivity contribution in [2.24, 2.45) is 0 Å². The summed E-state index contributed by atoms with van der Waals surface area (Å²) in [6.45, 7) is 1.70. The minimum atomic E-state index is -0.457. The molecule has 5 nitrogen and oxygen atoms in total. The fraction of sp³-hybridized carbons (Fsp3) is 0.692. The Morgan fingerprint density at radius 1 is 1.39 bits per heavy atom. The Balaban J connectivity index is 1.98. The third-order valence-corrected chi connectivity index (χ3v) is 3.51. The van der Waals surface area contributed by atoms with Crippen LogP contribution in [-0.2, 0) is 0 Å². The molecule has 1 saturated carbocycles. The molecule has 18 heavy (non-hydrogen) atoms. The van der Waals surface area contributed by atoms with Crippen LogP contribution in [0, 0.1) is 6.92 Å². The van der Waals surface area contributed by atoms with E-state index in [1.165, 1.54) is 19.2 Å². The number of amides is 1. The summed E-state index contributed by atoms with van der Waals surface area (Å²) in [6, 6.07) is -0.172. The summed E-state index contributed by atoms with van der Waals surface area (Å²) in [5, 5.41) is 12.9. The van der Waals surface area contributed by atoms with Crippen molar-refractivity contribution in [1.29, 1.82) is 0 Å². The summed E-state index contributed by atoms with van der Waals surface area (Å²) in [4.78, 5) is 15.9. The largest absolute Gasteiger partial charge is 0.448 e. The fourth-order valence-corrected chi connectivity index (χ4v) is 2.39. The molecule has 0 spiro atoms. The summed E-state index contributed by atoms with van der Waals surface area (Å²) in [6.07, 6.45) is 6.78. The van der Waals surface area contributed by atoms with Crippen molar-refractivity contribution in [3.63, 3.8) is 0 Å². The molecular formula is C13H20N2O3. The topological polar surface area (TPSA) is 75.4 Å². The van der Waals surface area contributed by atoms with Crippen molar-refractivity contribution < 1.29 is 14.3 Å². The minimum absolute atomic E-state index is 0.172. The van der Waals surface area contributed by atoms with E-state index in [0.29, 0.717) is 11.5 Å². The van der Waals surface area contributed by atoms with Gasteiger partial charge in [-0.15, -0.1) is 0 Å². The lowest BCUT2D eigenvalue weighted by atomic mass is 9.94. The molecule has 5 heteroatoms. The van der Waals surface area contributed by atoms with Crippen molar-refractivity contribution in [3.8, 4) is 0 Å². The van der Waals surface area contributed by atoms with Crippen LogP contribution < -0.4 is 5.32 Å².